The molecule has 0 radical (unpaired) electrons. The van der Waals surface area contributed by atoms with Crippen LogP contribution >= 0.6 is 11.3 Å². The first-order valence-corrected chi connectivity index (χ1v) is 24.7. The van der Waals surface area contributed by atoms with Crippen molar-refractivity contribution >= 4 is 74.0 Å². The molecule has 69 heavy (non-hydrogen) atoms. The highest BCUT2D eigenvalue weighted by Gasteiger charge is 2.47. The van der Waals surface area contributed by atoms with Crippen LogP contribution in [-0.4, -0.2) is 113 Å². The number of halogens is 2. The van der Waals surface area contributed by atoms with E-state index in [1.165, 1.54) is 12.4 Å². The van der Waals surface area contributed by atoms with Gasteiger partial charge in [-0.05, 0) is 56.6 Å². The molecule has 1 aliphatic rings. The summed E-state index contributed by atoms with van der Waals surface area (Å²) >= 11 is 0.450. The van der Waals surface area contributed by atoms with Crippen LogP contribution in [0.3, 0.4) is 0 Å². The van der Waals surface area contributed by atoms with E-state index in [9.17, 15) is 55.6 Å². The van der Waals surface area contributed by atoms with E-state index in [2.05, 4.69) is 51.5 Å². The van der Waals surface area contributed by atoms with Crippen molar-refractivity contribution in [1.29, 1.82) is 0 Å². The number of aromatic nitrogens is 4. The first kappa shape index (κ1) is 55.4. The highest BCUT2D eigenvalue weighted by Crippen LogP contribution is 2.29. The molecule has 5 unspecified atom stereocenters. The summed E-state index contributed by atoms with van der Waals surface area (Å²) in [5, 5.41) is 21.7. The zero-order valence-electron chi connectivity index (χ0n) is 39.1. The monoisotopic (exact) mass is 1000 g/mol. The molecule has 4 rings (SSSR count). The number of alkyl halides is 2. The Morgan fingerprint density at radius 1 is 0.884 bits per heavy atom. The lowest BCUT2D eigenvalue weighted by Crippen LogP contribution is -2.71. The Morgan fingerprint density at radius 2 is 1.55 bits per heavy atom. The van der Waals surface area contributed by atoms with Crippen molar-refractivity contribution in [2.24, 2.45) is 17.8 Å². The van der Waals surface area contributed by atoms with Crippen molar-refractivity contribution in [2.75, 3.05) is 11.9 Å². The number of sulfonamides is 1. The van der Waals surface area contributed by atoms with Crippen LogP contribution in [0.1, 0.15) is 117 Å². The van der Waals surface area contributed by atoms with Gasteiger partial charge in [-0.3, -0.25) is 43.9 Å². The normalized spacial score (nSPS) is 15.7. The molecule has 25 heteroatoms. The van der Waals surface area contributed by atoms with Crippen molar-refractivity contribution in [3.63, 3.8) is 0 Å². The summed E-state index contributed by atoms with van der Waals surface area (Å²) in [6.07, 6.45) is 2.97. The summed E-state index contributed by atoms with van der Waals surface area (Å²) in [6.45, 7) is 9.52. The van der Waals surface area contributed by atoms with E-state index in [0.717, 1.165) is 36.6 Å². The molecule has 5 atom stereocenters. The predicted octanol–water partition coefficient (Wildman–Crippen LogP) is 2.66. The molecule has 376 valence electrons. The third kappa shape index (κ3) is 16.2. The molecule has 0 spiro atoms. The largest absolute Gasteiger partial charge is 0.344 e. The number of anilines is 1. The van der Waals surface area contributed by atoms with E-state index in [1.807, 2.05) is 11.4 Å². The summed E-state index contributed by atoms with van der Waals surface area (Å²) in [6, 6.07) is 0.00919. The van der Waals surface area contributed by atoms with Gasteiger partial charge in [-0.1, -0.05) is 94.7 Å². The van der Waals surface area contributed by atoms with E-state index in [4.69, 9.17) is 0 Å². The Balaban J connectivity index is 1.72. The maximum Gasteiger partial charge on any atom is 0.289 e. The smallest absolute Gasteiger partial charge is 0.289 e. The minimum atomic E-state index is -4.94. The topological polar surface area (TPSA) is 306 Å². The van der Waals surface area contributed by atoms with Gasteiger partial charge in [0, 0.05) is 24.4 Å². The van der Waals surface area contributed by atoms with Crippen molar-refractivity contribution in [2.45, 2.75) is 134 Å². The number of Topliss-reactive ketones (excluding diaryl/α,β-unsaturated/α-hetero) is 1. The number of ketones is 1. The van der Waals surface area contributed by atoms with Gasteiger partial charge >= 0.3 is 0 Å². The van der Waals surface area contributed by atoms with Gasteiger partial charge in [0.25, 0.3) is 33.7 Å². The molecule has 3 aromatic rings. The van der Waals surface area contributed by atoms with Crippen molar-refractivity contribution in [1.82, 2.24) is 51.5 Å². The zero-order valence-corrected chi connectivity index (χ0v) is 40.7. The molecule has 2 heterocycles. The molecule has 0 saturated heterocycles. The number of carbonyl (C=O) groups is 8. The number of aryl methyl sites for hydroxylation is 2. The Bertz CT molecular complexity index is 2420. The second kappa shape index (κ2) is 25.4. The molecule has 0 bridgehead atoms. The molecule has 7 N–H and O–H groups in total. The first-order valence-electron chi connectivity index (χ1n) is 22.4. The van der Waals surface area contributed by atoms with Crippen LogP contribution in [0.4, 0.5) is 13.9 Å². The highest BCUT2D eigenvalue weighted by molar-refractivity contribution is 7.91. The summed E-state index contributed by atoms with van der Waals surface area (Å²) in [5.74, 6) is -9.23. The lowest BCUT2D eigenvalue weighted by atomic mass is 9.84. The second-order valence-corrected chi connectivity index (χ2v) is 20.3. The Labute approximate surface area is 402 Å². The van der Waals surface area contributed by atoms with Crippen LogP contribution in [0.15, 0.2) is 41.1 Å². The quantitative estimate of drug-likeness (QED) is 0.0278. The molecule has 6 amide bonds. The summed E-state index contributed by atoms with van der Waals surface area (Å²) < 4.78 is 57.7. The van der Waals surface area contributed by atoms with Gasteiger partial charge in [0.15, 0.2) is 5.66 Å². The van der Waals surface area contributed by atoms with E-state index >= 15 is 0 Å². The fraction of sp³-hybridized carbons (Fsp3) is 0.545. The number of hydrogen-bond donors (Lipinski definition) is 7. The molecule has 2 aromatic heterocycles. The number of rotatable bonds is 25. The number of amides is 6. The SMILES string of the molecule is CCC(C)C(NC(=O)C(CC(C)C)(NC(=O)c1cnccn1)NS(=O)(=O)c1nnc(NC(=O)c2cc(C)cc(C)c2)s1)C(=O)NC(CC1CCCCC1)C(=O)NC(CC(F)F)C(=O)C(=O)NCC=O. The molecular weight excluding hydrogens is 945 g/mol. The van der Waals surface area contributed by atoms with Gasteiger partial charge in [0.2, 0.25) is 33.5 Å². The van der Waals surface area contributed by atoms with Crippen molar-refractivity contribution < 1.29 is 55.6 Å². The molecule has 1 saturated carbocycles. The lowest BCUT2D eigenvalue weighted by molar-refractivity contribution is -0.141. The first-order chi connectivity index (χ1) is 32.6. The third-order valence-electron chi connectivity index (χ3n) is 11.2. The number of hydrogen-bond acceptors (Lipinski definition) is 15. The summed E-state index contributed by atoms with van der Waals surface area (Å²) in [7, 11) is -4.94. The predicted molar refractivity (Wildman–Crippen MR) is 247 cm³/mol. The number of nitrogens with zero attached hydrogens (tertiary/aromatic N) is 4. The van der Waals surface area contributed by atoms with Gasteiger partial charge in [0.1, 0.15) is 30.1 Å². The molecule has 1 aromatic carbocycles. The van der Waals surface area contributed by atoms with E-state index in [0.29, 0.717) is 24.2 Å². The van der Waals surface area contributed by atoms with Crippen LogP contribution in [0.2, 0.25) is 0 Å². The van der Waals surface area contributed by atoms with Crippen LogP contribution < -0.4 is 36.6 Å². The van der Waals surface area contributed by atoms with E-state index in [1.54, 1.807) is 53.7 Å². The fourth-order valence-electron chi connectivity index (χ4n) is 7.79. The van der Waals surface area contributed by atoms with Gasteiger partial charge in [0.05, 0.1) is 12.7 Å². The lowest BCUT2D eigenvalue weighted by Gasteiger charge is -2.37. The third-order valence-corrected chi connectivity index (χ3v) is 13.9. The minimum absolute atomic E-state index is 0.0220. The Morgan fingerprint density at radius 3 is 2.14 bits per heavy atom. The second-order valence-electron chi connectivity index (χ2n) is 17.4. The van der Waals surface area contributed by atoms with Crippen LogP contribution in [0.25, 0.3) is 0 Å². The van der Waals surface area contributed by atoms with E-state index in [-0.39, 0.29) is 41.4 Å². The average Bonchev–Trinajstić information content (AvgIpc) is 3.78. The van der Waals surface area contributed by atoms with E-state index < -0.39 is 117 Å². The number of carbonyl (C=O) groups excluding carboxylic acids is 8. The van der Waals surface area contributed by atoms with Gasteiger partial charge in [-0.2, -0.15) is 4.72 Å². The molecular formula is C44H59F2N11O10S2. The summed E-state index contributed by atoms with van der Waals surface area (Å²) in [5.41, 5.74) is -1.06. The summed E-state index contributed by atoms with van der Waals surface area (Å²) in [4.78, 5) is 114. The minimum Gasteiger partial charge on any atom is -0.344 e. The van der Waals surface area contributed by atoms with Gasteiger partial charge in [-0.25, -0.2) is 22.2 Å². The Hall–Kier alpha value is -6.21. The van der Waals surface area contributed by atoms with Crippen molar-refractivity contribution in [3.05, 3.63) is 59.2 Å². The van der Waals surface area contributed by atoms with Crippen molar-refractivity contribution in [3.8, 4) is 0 Å². The molecule has 1 aliphatic carbocycles. The highest BCUT2D eigenvalue weighted by atomic mass is 32.2. The van der Waals surface area contributed by atoms with Gasteiger partial charge < -0.3 is 31.4 Å². The van der Waals surface area contributed by atoms with Gasteiger partial charge in [-0.15, -0.1) is 10.2 Å². The van der Waals surface area contributed by atoms with Crippen LogP contribution in [-0.2, 0) is 38.8 Å². The average molecular weight is 1000 g/mol. The molecule has 21 nitrogen and oxygen atoms in total. The molecule has 1 fully saturated rings. The Kier molecular flexibility index (Phi) is 20.4. The number of benzene rings is 1. The number of aldehydes is 1. The maximum atomic E-state index is 15.0. The number of nitrogens with one attached hydrogen (secondary N) is 7. The maximum absolute atomic E-state index is 15.0. The van der Waals surface area contributed by atoms with Crippen LogP contribution in [0, 0.1) is 31.6 Å². The standard InChI is InChI=1S/C44H59F2N11O10S2/c1-7-27(6)34(39(63)51-31(20-28-11-9-8-10-12-28)37(61)50-30(21-33(45)46)35(59)40(64)49-15-16-58)52-41(65)44(22-24(2)3,54-38(62)32-23-47-13-14-48-32)57-69(66,67)43-56-55-42(68-43)53-36(60)29-18-25(4)17-26(5)19-29/h13-14,16-19,23-24,27-28,30-31,33-34,57H,7-12,15,20-22H2,1-6H3,(H,49,64)(H,50,61)(H,51,63)(H,52,65)(H,54,62)(H,53,55,60). The fourth-order valence-corrected chi connectivity index (χ4v) is 9.99. The molecule has 0 aliphatic heterocycles. The zero-order chi connectivity index (χ0) is 51.1. The van der Waals surface area contributed by atoms with Crippen LogP contribution in [0.5, 0.6) is 0 Å².